The normalized spacial score (nSPS) is 16.6. The zero-order valence-electron chi connectivity index (χ0n) is 18.2. The third-order valence-electron chi connectivity index (χ3n) is 6.96. The third kappa shape index (κ3) is 3.65. The van der Waals surface area contributed by atoms with Crippen LogP contribution < -0.4 is 9.47 Å². The first-order valence-electron chi connectivity index (χ1n) is 11.6. The summed E-state index contributed by atoms with van der Waals surface area (Å²) in [5, 5.41) is 1.35. The van der Waals surface area contributed by atoms with Crippen LogP contribution in [-0.4, -0.2) is 36.3 Å². The highest BCUT2D eigenvalue weighted by atomic mass is 16.7. The third-order valence-corrected chi connectivity index (χ3v) is 6.96. The Hall–Kier alpha value is -3.24. The highest BCUT2D eigenvalue weighted by Gasteiger charge is 2.27. The van der Waals surface area contributed by atoms with E-state index in [9.17, 15) is 0 Å². The molecule has 0 aliphatic carbocycles. The minimum Gasteiger partial charge on any atom is -0.454 e. The maximum atomic E-state index is 5.65. The van der Waals surface area contributed by atoms with E-state index < -0.39 is 0 Å². The first-order chi connectivity index (χ1) is 15.8. The van der Waals surface area contributed by atoms with Gasteiger partial charge in [0.1, 0.15) is 0 Å². The van der Waals surface area contributed by atoms with Crippen LogP contribution in [0.4, 0.5) is 0 Å². The minimum absolute atomic E-state index is 0.305. The van der Waals surface area contributed by atoms with Gasteiger partial charge >= 0.3 is 0 Å². The predicted octanol–water partition coefficient (Wildman–Crippen LogP) is 5.99. The Morgan fingerprint density at radius 3 is 2.50 bits per heavy atom. The molecule has 0 unspecified atom stereocenters. The lowest BCUT2D eigenvalue weighted by Crippen LogP contribution is -2.34. The summed E-state index contributed by atoms with van der Waals surface area (Å²) < 4.78 is 11.2. The largest absolute Gasteiger partial charge is 0.454 e. The van der Waals surface area contributed by atoms with Gasteiger partial charge in [0.2, 0.25) is 6.79 Å². The van der Waals surface area contributed by atoms with Crippen molar-refractivity contribution in [2.45, 2.75) is 25.2 Å². The van der Waals surface area contributed by atoms with E-state index in [1.54, 1.807) is 0 Å². The number of para-hydroxylation sites is 1. The fraction of sp³-hybridized carbons (Fsp3) is 0.286. The Morgan fingerprint density at radius 1 is 0.844 bits per heavy atom. The summed E-state index contributed by atoms with van der Waals surface area (Å²) in [6.07, 6.45) is 3.50. The molecule has 162 valence electrons. The van der Waals surface area contributed by atoms with Gasteiger partial charge in [0.15, 0.2) is 11.5 Å². The molecular weight excluding hydrogens is 396 g/mol. The van der Waals surface area contributed by atoms with Crippen LogP contribution in [0.3, 0.4) is 0 Å². The van der Waals surface area contributed by atoms with E-state index in [-0.39, 0.29) is 0 Å². The molecule has 1 aromatic heterocycles. The number of hydrogen-bond donors (Lipinski definition) is 1. The summed E-state index contributed by atoms with van der Waals surface area (Å²) in [6.45, 7) is 3.74. The van der Waals surface area contributed by atoms with Crippen LogP contribution >= 0.6 is 0 Å². The summed E-state index contributed by atoms with van der Waals surface area (Å²) in [7, 11) is 0. The standard InChI is InChI=1S/C28H28N2O2/c1-2-6-20(7-3-1)12-15-30-16-13-21(14-17-30)27-23-8-4-5-9-24(23)29-28(27)22-10-11-25-26(18-22)32-19-31-25/h1-11,18,21,29H,12-17,19H2. The van der Waals surface area contributed by atoms with E-state index in [1.807, 2.05) is 6.07 Å². The van der Waals surface area contributed by atoms with E-state index in [1.165, 1.54) is 46.1 Å². The number of fused-ring (bicyclic) bond motifs is 2. The second-order valence-electron chi connectivity index (χ2n) is 8.88. The van der Waals surface area contributed by atoms with Crippen LogP contribution in [0.2, 0.25) is 0 Å². The molecule has 3 aromatic carbocycles. The molecule has 4 heteroatoms. The summed E-state index contributed by atoms with van der Waals surface area (Å²) in [4.78, 5) is 6.34. The van der Waals surface area contributed by atoms with Crippen molar-refractivity contribution in [3.8, 4) is 22.8 Å². The SMILES string of the molecule is c1ccc(CCN2CCC(c3c(-c4ccc5c(c4)OCO5)[nH]c4ccccc34)CC2)cc1. The molecule has 3 heterocycles. The number of rotatable bonds is 5. The Morgan fingerprint density at radius 2 is 1.62 bits per heavy atom. The number of nitrogens with zero attached hydrogens (tertiary/aromatic N) is 1. The molecule has 0 radical (unpaired) electrons. The van der Waals surface area contributed by atoms with Crippen molar-refractivity contribution >= 4 is 10.9 Å². The lowest BCUT2D eigenvalue weighted by molar-refractivity contribution is 0.174. The minimum atomic E-state index is 0.305. The zero-order valence-corrected chi connectivity index (χ0v) is 18.2. The molecule has 2 aliphatic rings. The van der Waals surface area contributed by atoms with Crippen LogP contribution in [0.5, 0.6) is 11.5 Å². The Balaban J connectivity index is 1.25. The molecule has 1 fully saturated rings. The van der Waals surface area contributed by atoms with Crippen molar-refractivity contribution < 1.29 is 9.47 Å². The van der Waals surface area contributed by atoms with Gasteiger partial charge in [-0.15, -0.1) is 0 Å². The number of ether oxygens (including phenoxy) is 2. The van der Waals surface area contributed by atoms with Crippen molar-refractivity contribution in [2.24, 2.45) is 0 Å². The Bertz CT molecular complexity index is 1220. The number of nitrogens with one attached hydrogen (secondary N) is 1. The van der Waals surface area contributed by atoms with Gasteiger partial charge in [-0.1, -0.05) is 48.5 Å². The summed E-state index contributed by atoms with van der Waals surface area (Å²) in [5.41, 5.74) is 6.50. The molecule has 32 heavy (non-hydrogen) atoms. The molecule has 0 saturated carbocycles. The molecule has 0 atom stereocenters. The van der Waals surface area contributed by atoms with E-state index in [2.05, 4.69) is 76.6 Å². The fourth-order valence-electron chi connectivity index (χ4n) is 5.24. The summed E-state index contributed by atoms with van der Waals surface area (Å²) in [5.74, 6) is 2.22. The maximum Gasteiger partial charge on any atom is 0.231 e. The van der Waals surface area contributed by atoms with Gasteiger partial charge in [-0.2, -0.15) is 0 Å². The first-order valence-corrected chi connectivity index (χ1v) is 11.6. The number of likely N-dealkylation sites (tertiary alicyclic amines) is 1. The van der Waals surface area contributed by atoms with Gasteiger partial charge in [0, 0.05) is 23.0 Å². The number of piperidine rings is 1. The second kappa shape index (κ2) is 8.36. The van der Waals surface area contributed by atoms with E-state index in [0.717, 1.165) is 37.6 Å². The van der Waals surface area contributed by atoms with E-state index in [4.69, 9.17) is 9.47 Å². The van der Waals surface area contributed by atoms with Gasteiger partial charge in [0.05, 0.1) is 5.69 Å². The van der Waals surface area contributed by atoms with Crippen molar-refractivity contribution in [2.75, 3.05) is 26.4 Å². The van der Waals surface area contributed by atoms with Gasteiger partial charge < -0.3 is 19.4 Å². The van der Waals surface area contributed by atoms with Crippen molar-refractivity contribution in [1.29, 1.82) is 0 Å². The van der Waals surface area contributed by atoms with Crippen LogP contribution in [0.25, 0.3) is 22.2 Å². The summed E-state index contributed by atoms with van der Waals surface area (Å²) in [6, 6.07) is 25.8. The Labute approximate surface area is 188 Å². The van der Waals surface area contributed by atoms with Gasteiger partial charge in [-0.25, -0.2) is 0 Å². The molecule has 4 aromatic rings. The maximum absolute atomic E-state index is 5.65. The van der Waals surface area contributed by atoms with Crippen LogP contribution in [0.1, 0.15) is 29.9 Å². The van der Waals surface area contributed by atoms with Crippen molar-refractivity contribution in [1.82, 2.24) is 9.88 Å². The average Bonchev–Trinajstić information content (AvgIpc) is 3.48. The fourth-order valence-corrected chi connectivity index (χ4v) is 5.24. The lowest BCUT2D eigenvalue weighted by Gasteiger charge is -2.32. The van der Waals surface area contributed by atoms with Gasteiger partial charge in [-0.05, 0) is 73.7 Å². The molecule has 2 aliphatic heterocycles. The molecular formula is C28H28N2O2. The monoisotopic (exact) mass is 424 g/mol. The van der Waals surface area contributed by atoms with E-state index in [0.29, 0.717) is 12.7 Å². The predicted molar refractivity (Wildman–Crippen MR) is 128 cm³/mol. The van der Waals surface area contributed by atoms with E-state index >= 15 is 0 Å². The number of aromatic amines is 1. The van der Waals surface area contributed by atoms with Crippen LogP contribution in [-0.2, 0) is 6.42 Å². The van der Waals surface area contributed by atoms with Gasteiger partial charge in [0.25, 0.3) is 0 Å². The van der Waals surface area contributed by atoms with Gasteiger partial charge in [-0.3, -0.25) is 0 Å². The van der Waals surface area contributed by atoms with Crippen molar-refractivity contribution in [3.05, 3.63) is 83.9 Å². The second-order valence-corrected chi connectivity index (χ2v) is 8.88. The lowest BCUT2D eigenvalue weighted by atomic mass is 9.86. The topological polar surface area (TPSA) is 37.5 Å². The van der Waals surface area contributed by atoms with Crippen LogP contribution in [0.15, 0.2) is 72.8 Å². The number of hydrogen-bond acceptors (Lipinski definition) is 3. The first kappa shape index (κ1) is 19.4. The molecule has 4 nitrogen and oxygen atoms in total. The number of aromatic nitrogens is 1. The number of H-pyrrole nitrogens is 1. The molecule has 0 spiro atoms. The smallest absolute Gasteiger partial charge is 0.231 e. The average molecular weight is 425 g/mol. The quantitative estimate of drug-likeness (QED) is 0.428. The highest BCUT2D eigenvalue weighted by Crippen LogP contribution is 2.43. The Kier molecular flexibility index (Phi) is 5.08. The van der Waals surface area contributed by atoms with Crippen LogP contribution in [0, 0.1) is 0 Å². The highest BCUT2D eigenvalue weighted by molar-refractivity contribution is 5.91. The molecule has 6 rings (SSSR count). The summed E-state index contributed by atoms with van der Waals surface area (Å²) >= 11 is 0. The molecule has 0 bridgehead atoms. The van der Waals surface area contributed by atoms with Crippen molar-refractivity contribution in [3.63, 3.8) is 0 Å². The molecule has 1 saturated heterocycles. The zero-order chi connectivity index (χ0) is 21.3. The number of benzene rings is 3. The molecule has 1 N–H and O–H groups in total. The molecule has 0 amide bonds.